The largest absolute Gasteiger partial charge is 0.495 e. The Morgan fingerprint density at radius 1 is 0.793 bits per heavy atom. The molecule has 0 N–H and O–H groups in total. The van der Waals surface area contributed by atoms with E-state index < -0.39 is 18.3 Å². The van der Waals surface area contributed by atoms with Crippen LogP contribution < -0.4 is 15.9 Å². The van der Waals surface area contributed by atoms with E-state index in [0.29, 0.717) is 0 Å². The lowest BCUT2D eigenvalue weighted by Gasteiger charge is -2.32. The predicted molar refractivity (Wildman–Crippen MR) is 128 cm³/mol. The molecule has 3 heteroatoms. The van der Waals surface area contributed by atoms with Crippen molar-refractivity contribution in [3.63, 3.8) is 0 Å². The van der Waals surface area contributed by atoms with Gasteiger partial charge in [0, 0.05) is 0 Å². The molecular weight excluding hydrogens is 355 g/mol. The summed E-state index contributed by atoms with van der Waals surface area (Å²) in [6.45, 7) is 25.0. The molecule has 0 radical (unpaired) electrons. The molecule has 0 atom stereocenters. The zero-order valence-electron chi connectivity index (χ0n) is 17.8. The fourth-order valence-electron chi connectivity index (χ4n) is 4.18. The molecular formula is C26H27BO2. The molecule has 0 unspecified atom stereocenters. The van der Waals surface area contributed by atoms with Gasteiger partial charge in [0.25, 0.3) is 0 Å². The highest BCUT2D eigenvalue weighted by atomic mass is 16.7. The van der Waals surface area contributed by atoms with Crippen LogP contribution in [0.25, 0.3) is 46.9 Å². The number of hydrogen-bond donors (Lipinski definition) is 0. The second-order valence-corrected chi connectivity index (χ2v) is 8.71. The summed E-state index contributed by atoms with van der Waals surface area (Å²) in [4.78, 5) is 0. The Bertz CT molecular complexity index is 1270. The minimum Gasteiger partial charge on any atom is -0.399 e. The predicted octanol–water partition coefficient (Wildman–Crippen LogP) is 4.40. The second-order valence-electron chi connectivity index (χ2n) is 8.71. The molecule has 1 aliphatic rings. The molecule has 1 fully saturated rings. The maximum atomic E-state index is 6.32. The fraction of sp³-hybridized carbons (Fsp3) is 0.231. The molecule has 0 aromatic heterocycles. The maximum absolute atomic E-state index is 6.32. The van der Waals surface area contributed by atoms with Crippen LogP contribution in [0.5, 0.6) is 0 Å². The van der Waals surface area contributed by atoms with Crippen LogP contribution in [0.15, 0.2) is 43.5 Å². The normalized spacial score (nSPS) is 17.7. The summed E-state index contributed by atoms with van der Waals surface area (Å²) in [6, 6.07) is 10.5. The van der Waals surface area contributed by atoms with Gasteiger partial charge in [-0.15, -0.1) is 0 Å². The number of rotatable bonds is 3. The molecule has 0 bridgehead atoms. The Balaban J connectivity index is 2.08. The Morgan fingerprint density at radius 2 is 1.38 bits per heavy atom. The molecule has 3 aromatic carbocycles. The highest BCUT2D eigenvalue weighted by Crippen LogP contribution is 2.37. The van der Waals surface area contributed by atoms with Crippen molar-refractivity contribution in [2.24, 2.45) is 0 Å². The SMILES string of the molecule is C=Cc1cccc2c1c(=C)c(=C)c1c(C=C)c(B3OC(C)(C)C(C)(C)O3)ccc12. The lowest BCUT2D eigenvalue weighted by atomic mass is 9.74. The molecule has 1 aliphatic heterocycles. The van der Waals surface area contributed by atoms with Crippen molar-refractivity contribution >= 4 is 59.4 Å². The summed E-state index contributed by atoms with van der Waals surface area (Å²) in [7, 11) is -0.458. The summed E-state index contributed by atoms with van der Waals surface area (Å²) in [5.74, 6) is 0. The van der Waals surface area contributed by atoms with Gasteiger partial charge in [0.05, 0.1) is 11.2 Å². The minimum atomic E-state index is -0.458. The fourth-order valence-corrected chi connectivity index (χ4v) is 4.18. The molecule has 0 amide bonds. The van der Waals surface area contributed by atoms with Gasteiger partial charge < -0.3 is 9.31 Å². The molecule has 0 spiro atoms. The van der Waals surface area contributed by atoms with E-state index >= 15 is 0 Å². The van der Waals surface area contributed by atoms with Crippen LogP contribution in [0.3, 0.4) is 0 Å². The molecule has 1 saturated heterocycles. The van der Waals surface area contributed by atoms with E-state index in [0.717, 1.165) is 48.6 Å². The van der Waals surface area contributed by atoms with E-state index in [2.05, 4.69) is 84.3 Å². The number of fused-ring (bicyclic) bond motifs is 3. The first-order valence-corrected chi connectivity index (χ1v) is 9.92. The third-order valence-corrected chi connectivity index (χ3v) is 6.57. The van der Waals surface area contributed by atoms with Gasteiger partial charge in [-0.3, -0.25) is 0 Å². The van der Waals surface area contributed by atoms with Crippen LogP contribution in [-0.4, -0.2) is 18.3 Å². The van der Waals surface area contributed by atoms with E-state index in [9.17, 15) is 0 Å². The van der Waals surface area contributed by atoms with Gasteiger partial charge in [-0.05, 0) is 76.3 Å². The van der Waals surface area contributed by atoms with Crippen molar-refractivity contribution in [1.82, 2.24) is 0 Å². The maximum Gasteiger partial charge on any atom is 0.495 e. The van der Waals surface area contributed by atoms with E-state index in [4.69, 9.17) is 9.31 Å². The van der Waals surface area contributed by atoms with Crippen LogP contribution in [0.1, 0.15) is 38.8 Å². The Labute approximate surface area is 173 Å². The first-order valence-electron chi connectivity index (χ1n) is 9.92. The van der Waals surface area contributed by atoms with Gasteiger partial charge in [-0.25, -0.2) is 0 Å². The third kappa shape index (κ3) is 2.72. The Hall–Kier alpha value is -2.62. The van der Waals surface area contributed by atoms with E-state index in [1.807, 2.05) is 12.2 Å². The summed E-state index contributed by atoms with van der Waals surface area (Å²) >= 11 is 0. The van der Waals surface area contributed by atoms with Gasteiger partial charge in [0.2, 0.25) is 0 Å². The first kappa shape index (κ1) is 19.7. The van der Waals surface area contributed by atoms with E-state index in [-0.39, 0.29) is 0 Å². The summed E-state index contributed by atoms with van der Waals surface area (Å²) in [6.07, 6.45) is 3.75. The van der Waals surface area contributed by atoms with Gasteiger partial charge in [-0.1, -0.05) is 68.8 Å². The number of hydrogen-bond acceptors (Lipinski definition) is 2. The average molecular weight is 382 g/mol. The van der Waals surface area contributed by atoms with Gasteiger partial charge >= 0.3 is 7.12 Å². The first-order chi connectivity index (χ1) is 13.6. The van der Waals surface area contributed by atoms with Gasteiger partial charge in [0.15, 0.2) is 0 Å². The molecule has 0 aliphatic carbocycles. The highest BCUT2D eigenvalue weighted by Gasteiger charge is 2.52. The lowest BCUT2D eigenvalue weighted by Crippen LogP contribution is -2.41. The standard InChI is InChI=1S/C26H27BO2/c1-9-18-12-11-13-20-21-14-15-22(27-28-25(5,6)26(7,8)29-27)19(10-2)24(21)17(4)16(3)23(18)20/h9-15H,1-4H2,5-8H3. The van der Waals surface area contributed by atoms with Crippen molar-refractivity contribution in [3.05, 3.63) is 65.1 Å². The zero-order chi connectivity index (χ0) is 21.1. The van der Waals surface area contributed by atoms with Crippen LogP contribution >= 0.6 is 0 Å². The van der Waals surface area contributed by atoms with Crippen molar-refractivity contribution in [1.29, 1.82) is 0 Å². The van der Waals surface area contributed by atoms with Crippen LogP contribution in [0.4, 0.5) is 0 Å². The summed E-state index contributed by atoms with van der Waals surface area (Å²) in [5, 5.41) is 6.21. The minimum absolute atomic E-state index is 0.405. The molecule has 2 nitrogen and oxygen atoms in total. The number of benzene rings is 3. The van der Waals surface area contributed by atoms with Crippen LogP contribution in [0.2, 0.25) is 0 Å². The van der Waals surface area contributed by atoms with Gasteiger partial charge in [-0.2, -0.15) is 0 Å². The molecule has 3 aromatic rings. The summed E-state index contributed by atoms with van der Waals surface area (Å²) in [5.41, 5.74) is 2.21. The van der Waals surface area contributed by atoms with E-state index in [1.165, 1.54) is 0 Å². The quantitative estimate of drug-likeness (QED) is 0.494. The van der Waals surface area contributed by atoms with Gasteiger partial charge in [0.1, 0.15) is 0 Å². The van der Waals surface area contributed by atoms with E-state index in [1.54, 1.807) is 0 Å². The monoisotopic (exact) mass is 382 g/mol. The Kier molecular flexibility index (Phi) is 4.38. The molecule has 4 rings (SSSR count). The Morgan fingerprint density at radius 3 is 1.97 bits per heavy atom. The molecule has 1 heterocycles. The second kappa shape index (κ2) is 6.45. The lowest BCUT2D eigenvalue weighted by molar-refractivity contribution is 0.00578. The van der Waals surface area contributed by atoms with Crippen molar-refractivity contribution in [3.8, 4) is 0 Å². The van der Waals surface area contributed by atoms with Crippen LogP contribution in [0, 0.1) is 0 Å². The molecule has 29 heavy (non-hydrogen) atoms. The molecule has 146 valence electrons. The topological polar surface area (TPSA) is 18.5 Å². The highest BCUT2D eigenvalue weighted by molar-refractivity contribution is 6.63. The molecule has 0 saturated carbocycles. The van der Waals surface area contributed by atoms with Crippen molar-refractivity contribution in [2.75, 3.05) is 0 Å². The third-order valence-electron chi connectivity index (χ3n) is 6.57. The zero-order valence-corrected chi connectivity index (χ0v) is 17.8. The van der Waals surface area contributed by atoms with Crippen LogP contribution in [-0.2, 0) is 9.31 Å². The smallest absolute Gasteiger partial charge is 0.399 e. The van der Waals surface area contributed by atoms with Crippen molar-refractivity contribution in [2.45, 2.75) is 38.9 Å². The summed E-state index contributed by atoms with van der Waals surface area (Å²) < 4.78 is 12.6. The average Bonchev–Trinajstić information content (AvgIpc) is 2.91. The van der Waals surface area contributed by atoms with Crippen molar-refractivity contribution < 1.29 is 9.31 Å².